The second-order valence-corrected chi connectivity index (χ2v) is 9.48. The maximum Gasteiger partial charge on any atom is 0.251 e. The van der Waals surface area contributed by atoms with E-state index in [0.29, 0.717) is 46.1 Å². The molecule has 1 atom stereocenters. The summed E-state index contributed by atoms with van der Waals surface area (Å²) in [5.41, 5.74) is 1.25. The molecule has 0 bridgehead atoms. The smallest absolute Gasteiger partial charge is 0.251 e. The maximum atomic E-state index is 12.8. The van der Waals surface area contributed by atoms with Gasteiger partial charge < -0.3 is 15.2 Å². The van der Waals surface area contributed by atoms with Crippen molar-refractivity contribution < 1.29 is 9.59 Å². The van der Waals surface area contributed by atoms with Gasteiger partial charge in [0.1, 0.15) is 0 Å². The number of anilines is 1. The third-order valence-electron chi connectivity index (χ3n) is 4.88. The summed E-state index contributed by atoms with van der Waals surface area (Å²) in [4.78, 5) is 25.3. The molecule has 0 saturated carbocycles. The van der Waals surface area contributed by atoms with E-state index in [1.165, 1.54) is 11.8 Å². The predicted molar refractivity (Wildman–Crippen MR) is 137 cm³/mol. The second kappa shape index (κ2) is 12.4. The Labute approximate surface area is 209 Å². The van der Waals surface area contributed by atoms with E-state index < -0.39 is 0 Å². The van der Waals surface area contributed by atoms with Crippen LogP contribution in [-0.2, 0) is 11.3 Å². The zero-order valence-corrected chi connectivity index (χ0v) is 20.8. The van der Waals surface area contributed by atoms with Crippen LogP contribution in [0, 0.1) is 5.92 Å². The molecule has 0 spiro atoms. The first-order chi connectivity index (χ1) is 16.4. The van der Waals surface area contributed by atoms with Crippen molar-refractivity contribution >= 4 is 40.9 Å². The van der Waals surface area contributed by atoms with Gasteiger partial charge in [-0.05, 0) is 48.7 Å². The van der Waals surface area contributed by atoms with Crippen molar-refractivity contribution in [3.05, 3.63) is 83.7 Å². The molecule has 3 aromatic rings. The van der Waals surface area contributed by atoms with E-state index in [1.54, 1.807) is 42.5 Å². The molecular formula is C25H28ClN5O2S. The van der Waals surface area contributed by atoms with Crippen molar-refractivity contribution in [2.24, 2.45) is 5.92 Å². The molecule has 2 aromatic carbocycles. The molecule has 0 aliphatic rings. The normalized spacial score (nSPS) is 11.8. The highest BCUT2D eigenvalue weighted by atomic mass is 35.5. The molecule has 3 rings (SSSR count). The number of hydrogen-bond donors (Lipinski definition) is 2. The summed E-state index contributed by atoms with van der Waals surface area (Å²) in [5, 5.41) is 15.8. The van der Waals surface area contributed by atoms with Crippen molar-refractivity contribution in [3.8, 4) is 0 Å². The minimum Gasteiger partial charge on any atom is -0.342 e. The Bertz CT molecular complexity index is 1120. The number of rotatable bonds is 11. The Balaban J connectivity index is 1.75. The molecule has 0 aliphatic carbocycles. The second-order valence-electron chi connectivity index (χ2n) is 8.11. The number of benzene rings is 2. The number of carbonyl (C=O) groups is 2. The van der Waals surface area contributed by atoms with Crippen LogP contribution in [0.4, 0.5) is 5.69 Å². The van der Waals surface area contributed by atoms with Crippen LogP contribution in [-0.4, -0.2) is 32.3 Å². The Morgan fingerprint density at radius 3 is 2.47 bits per heavy atom. The third-order valence-corrected chi connectivity index (χ3v) is 6.10. The number of nitrogens with zero attached hydrogens (tertiary/aromatic N) is 3. The number of hydrogen-bond acceptors (Lipinski definition) is 5. The van der Waals surface area contributed by atoms with E-state index >= 15 is 0 Å². The lowest BCUT2D eigenvalue weighted by atomic mass is 10.0. The van der Waals surface area contributed by atoms with E-state index in [1.807, 2.05) is 22.8 Å². The lowest BCUT2D eigenvalue weighted by Gasteiger charge is -2.21. The SMILES string of the molecule is C=CCn1c(SCC(=O)Nc2ccc(Cl)cc2)nnc1C(CC(C)C)NC(=O)c1ccccc1. The Kier molecular flexibility index (Phi) is 9.30. The van der Waals surface area contributed by atoms with Crippen LogP contribution < -0.4 is 10.6 Å². The molecule has 34 heavy (non-hydrogen) atoms. The van der Waals surface area contributed by atoms with Gasteiger partial charge in [0.15, 0.2) is 11.0 Å². The Morgan fingerprint density at radius 2 is 1.82 bits per heavy atom. The zero-order valence-electron chi connectivity index (χ0n) is 19.2. The van der Waals surface area contributed by atoms with Gasteiger partial charge in [0.2, 0.25) is 5.91 Å². The van der Waals surface area contributed by atoms with Crippen LogP contribution in [0.15, 0.2) is 72.4 Å². The van der Waals surface area contributed by atoms with Crippen molar-refractivity contribution in [1.29, 1.82) is 0 Å². The van der Waals surface area contributed by atoms with Gasteiger partial charge in [-0.15, -0.1) is 16.8 Å². The maximum absolute atomic E-state index is 12.8. The first-order valence-corrected chi connectivity index (χ1v) is 12.3. The van der Waals surface area contributed by atoms with Gasteiger partial charge in [0.05, 0.1) is 11.8 Å². The zero-order chi connectivity index (χ0) is 24.5. The fourth-order valence-corrected chi connectivity index (χ4v) is 4.24. The molecule has 7 nitrogen and oxygen atoms in total. The number of carbonyl (C=O) groups excluding carboxylic acids is 2. The molecule has 0 radical (unpaired) electrons. The van der Waals surface area contributed by atoms with E-state index in [4.69, 9.17) is 11.6 Å². The topological polar surface area (TPSA) is 88.9 Å². The standard InChI is InChI=1S/C25H28ClN5O2S/c1-4-14-31-23(21(15-17(2)3)28-24(33)18-8-6-5-7-9-18)29-30-25(31)34-16-22(32)27-20-12-10-19(26)11-13-20/h4-13,17,21H,1,14-16H2,2-3H3,(H,27,32)(H,28,33). The summed E-state index contributed by atoms with van der Waals surface area (Å²) >= 11 is 7.17. The number of nitrogens with one attached hydrogen (secondary N) is 2. The molecule has 1 unspecified atom stereocenters. The van der Waals surface area contributed by atoms with Gasteiger partial charge >= 0.3 is 0 Å². The van der Waals surface area contributed by atoms with Gasteiger partial charge in [0, 0.05) is 22.8 Å². The van der Waals surface area contributed by atoms with E-state index in [-0.39, 0.29) is 23.6 Å². The summed E-state index contributed by atoms with van der Waals surface area (Å²) in [7, 11) is 0. The minimum absolute atomic E-state index is 0.156. The first kappa shape index (κ1) is 25.5. The average Bonchev–Trinajstić information content (AvgIpc) is 3.22. The number of allylic oxidation sites excluding steroid dienone is 1. The fourth-order valence-electron chi connectivity index (χ4n) is 3.36. The molecule has 1 aromatic heterocycles. The van der Waals surface area contributed by atoms with Crippen LogP contribution in [0.1, 0.15) is 42.5 Å². The minimum atomic E-state index is -0.336. The lowest BCUT2D eigenvalue weighted by Crippen LogP contribution is -2.31. The van der Waals surface area contributed by atoms with Gasteiger partial charge in [0.25, 0.3) is 5.91 Å². The van der Waals surface area contributed by atoms with Crippen LogP contribution in [0.3, 0.4) is 0 Å². The van der Waals surface area contributed by atoms with Gasteiger partial charge in [-0.3, -0.25) is 9.59 Å². The molecular weight excluding hydrogens is 470 g/mol. The first-order valence-electron chi connectivity index (χ1n) is 11.0. The lowest BCUT2D eigenvalue weighted by molar-refractivity contribution is -0.113. The number of halogens is 1. The molecule has 178 valence electrons. The van der Waals surface area contributed by atoms with Gasteiger partial charge in [-0.1, -0.05) is 61.5 Å². The molecule has 0 fully saturated rings. The summed E-state index contributed by atoms with van der Waals surface area (Å²) in [6.07, 6.45) is 2.44. The highest BCUT2D eigenvalue weighted by Crippen LogP contribution is 2.25. The quantitative estimate of drug-likeness (QED) is 0.275. The van der Waals surface area contributed by atoms with E-state index in [9.17, 15) is 9.59 Å². The largest absolute Gasteiger partial charge is 0.342 e. The highest BCUT2D eigenvalue weighted by molar-refractivity contribution is 7.99. The molecule has 2 N–H and O–H groups in total. The molecule has 0 aliphatic heterocycles. The van der Waals surface area contributed by atoms with E-state index in [0.717, 1.165) is 0 Å². The number of aromatic nitrogens is 3. The van der Waals surface area contributed by atoms with Crippen LogP contribution in [0.5, 0.6) is 0 Å². The monoisotopic (exact) mass is 497 g/mol. The average molecular weight is 498 g/mol. The molecule has 2 amide bonds. The van der Waals surface area contributed by atoms with Gasteiger partial charge in [-0.25, -0.2) is 0 Å². The fraction of sp³-hybridized carbons (Fsp3) is 0.280. The molecule has 1 heterocycles. The summed E-state index contributed by atoms with van der Waals surface area (Å²) < 4.78 is 1.89. The van der Waals surface area contributed by atoms with Crippen LogP contribution in [0.2, 0.25) is 5.02 Å². The Morgan fingerprint density at radius 1 is 1.12 bits per heavy atom. The third kappa shape index (κ3) is 7.20. The van der Waals surface area contributed by atoms with E-state index in [2.05, 4.69) is 41.3 Å². The van der Waals surface area contributed by atoms with Gasteiger partial charge in [-0.2, -0.15) is 0 Å². The van der Waals surface area contributed by atoms with Crippen LogP contribution in [0.25, 0.3) is 0 Å². The van der Waals surface area contributed by atoms with Crippen LogP contribution >= 0.6 is 23.4 Å². The number of amides is 2. The summed E-state index contributed by atoms with van der Waals surface area (Å²) in [6, 6.07) is 15.7. The molecule has 0 saturated heterocycles. The van der Waals surface area contributed by atoms with Crippen molar-refractivity contribution in [1.82, 2.24) is 20.1 Å². The predicted octanol–water partition coefficient (Wildman–Crippen LogP) is 5.37. The number of thioether (sulfide) groups is 1. The molecule has 9 heteroatoms. The van der Waals surface area contributed by atoms with Crippen molar-refractivity contribution in [3.63, 3.8) is 0 Å². The summed E-state index contributed by atoms with van der Waals surface area (Å²) in [5.74, 6) is 0.770. The highest BCUT2D eigenvalue weighted by Gasteiger charge is 2.24. The van der Waals surface area contributed by atoms with Crippen molar-refractivity contribution in [2.45, 2.75) is 38.0 Å². The summed E-state index contributed by atoms with van der Waals surface area (Å²) in [6.45, 7) is 8.48. The Hall–Kier alpha value is -3.10. The van der Waals surface area contributed by atoms with Crippen molar-refractivity contribution in [2.75, 3.05) is 11.1 Å².